The van der Waals surface area contributed by atoms with E-state index in [1.807, 2.05) is 30.3 Å². The predicted molar refractivity (Wildman–Crippen MR) is 107 cm³/mol. The van der Waals surface area contributed by atoms with Crippen LogP contribution in [0, 0.1) is 25.2 Å². The van der Waals surface area contributed by atoms with E-state index in [-0.39, 0.29) is 0 Å². The van der Waals surface area contributed by atoms with Crippen molar-refractivity contribution in [2.45, 2.75) is 13.8 Å². The molecule has 0 radical (unpaired) electrons. The van der Waals surface area contributed by atoms with Crippen molar-refractivity contribution in [3.63, 3.8) is 0 Å². The van der Waals surface area contributed by atoms with E-state index in [0.29, 0.717) is 5.69 Å². The molecule has 0 N–H and O–H groups in total. The van der Waals surface area contributed by atoms with Gasteiger partial charge in [0, 0.05) is 10.9 Å². The number of pyridine rings is 1. The summed E-state index contributed by atoms with van der Waals surface area (Å²) in [6.07, 6.45) is 0. The normalized spacial score (nSPS) is 10.7. The number of aryl methyl sites for hydroxylation is 2. The van der Waals surface area contributed by atoms with Crippen LogP contribution in [0.1, 0.15) is 16.8 Å². The van der Waals surface area contributed by atoms with Gasteiger partial charge in [0.2, 0.25) is 0 Å². The first-order valence-corrected chi connectivity index (χ1v) is 8.63. The Morgan fingerprint density at radius 1 is 0.731 bits per heavy atom. The third-order valence-corrected chi connectivity index (χ3v) is 4.82. The molecule has 0 amide bonds. The molecule has 0 atom stereocenters. The van der Waals surface area contributed by atoms with Crippen LogP contribution >= 0.6 is 0 Å². The molecule has 1 aromatic heterocycles. The summed E-state index contributed by atoms with van der Waals surface area (Å²) in [5.41, 5.74) is 7.03. The third-order valence-electron chi connectivity index (χ3n) is 4.82. The van der Waals surface area contributed by atoms with Crippen LogP contribution in [0.4, 0.5) is 0 Å². The van der Waals surface area contributed by atoms with E-state index in [9.17, 15) is 5.26 Å². The van der Waals surface area contributed by atoms with Gasteiger partial charge in [-0.2, -0.15) is 5.26 Å². The van der Waals surface area contributed by atoms with E-state index in [1.165, 1.54) is 16.7 Å². The number of benzene rings is 3. The molecule has 4 rings (SSSR count). The fourth-order valence-electron chi connectivity index (χ4n) is 3.25. The minimum Gasteiger partial charge on any atom is -0.236 e. The maximum absolute atomic E-state index is 9.59. The van der Waals surface area contributed by atoms with Crippen LogP contribution in [0.3, 0.4) is 0 Å². The van der Waals surface area contributed by atoms with Gasteiger partial charge in [-0.1, -0.05) is 54.6 Å². The topological polar surface area (TPSA) is 36.7 Å². The van der Waals surface area contributed by atoms with Gasteiger partial charge in [-0.25, -0.2) is 4.98 Å². The second kappa shape index (κ2) is 6.46. The fraction of sp³-hybridized carbons (Fsp3) is 0.0833. The van der Waals surface area contributed by atoms with Gasteiger partial charge in [0.15, 0.2) is 0 Å². The van der Waals surface area contributed by atoms with Crippen molar-refractivity contribution >= 4 is 10.8 Å². The summed E-state index contributed by atoms with van der Waals surface area (Å²) in [6, 6.07) is 27.1. The summed E-state index contributed by atoms with van der Waals surface area (Å²) in [5, 5.41) is 11.6. The summed E-state index contributed by atoms with van der Waals surface area (Å²) in [4.78, 5) is 4.63. The smallest absolute Gasteiger partial charge is 0.149 e. The second-order valence-corrected chi connectivity index (χ2v) is 6.57. The summed E-state index contributed by atoms with van der Waals surface area (Å²) >= 11 is 0. The number of nitriles is 1. The summed E-state index contributed by atoms with van der Waals surface area (Å²) < 4.78 is 0. The van der Waals surface area contributed by atoms with Crippen molar-refractivity contribution in [3.05, 3.63) is 89.6 Å². The first-order valence-electron chi connectivity index (χ1n) is 8.63. The molecule has 0 unspecified atom stereocenters. The first-order chi connectivity index (χ1) is 12.7. The highest BCUT2D eigenvalue weighted by Gasteiger charge is 2.10. The number of nitrogens with zero attached hydrogens (tertiary/aromatic N) is 2. The molecule has 0 aliphatic heterocycles. The Balaban J connectivity index is 1.90. The molecular weight excluding hydrogens is 316 g/mol. The quantitative estimate of drug-likeness (QED) is 0.447. The molecule has 2 heteroatoms. The Morgan fingerprint density at radius 2 is 1.42 bits per heavy atom. The van der Waals surface area contributed by atoms with E-state index in [2.05, 4.69) is 67.4 Å². The SMILES string of the molecule is Cc1cc2cc(-c3cccc(-c4ccccc4)c3)nc(C#N)c2cc1C. The Labute approximate surface area is 153 Å². The van der Waals surface area contributed by atoms with E-state index < -0.39 is 0 Å². The lowest BCUT2D eigenvalue weighted by Crippen LogP contribution is -1.93. The maximum atomic E-state index is 9.59. The molecule has 0 fully saturated rings. The summed E-state index contributed by atoms with van der Waals surface area (Å²) in [7, 11) is 0. The van der Waals surface area contributed by atoms with Gasteiger partial charge in [-0.05, 0) is 59.7 Å². The third kappa shape index (κ3) is 2.85. The lowest BCUT2D eigenvalue weighted by molar-refractivity contribution is 1.28. The largest absolute Gasteiger partial charge is 0.236 e. The van der Waals surface area contributed by atoms with Crippen LogP contribution in [-0.4, -0.2) is 4.98 Å². The van der Waals surface area contributed by atoms with Crippen LogP contribution in [-0.2, 0) is 0 Å². The van der Waals surface area contributed by atoms with Crippen LogP contribution in [0.25, 0.3) is 33.2 Å². The van der Waals surface area contributed by atoms with Crippen molar-refractivity contribution in [2.75, 3.05) is 0 Å². The number of hydrogen-bond acceptors (Lipinski definition) is 2. The zero-order chi connectivity index (χ0) is 18.1. The zero-order valence-corrected chi connectivity index (χ0v) is 14.8. The number of aromatic nitrogens is 1. The van der Waals surface area contributed by atoms with Crippen molar-refractivity contribution in [1.29, 1.82) is 5.26 Å². The molecule has 3 aromatic carbocycles. The highest BCUT2D eigenvalue weighted by Crippen LogP contribution is 2.29. The van der Waals surface area contributed by atoms with Crippen molar-refractivity contribution in [2.24, 2.45) is 0 Å². The summed E-state index contributed by atoms with van der Waals surface area (Å²) in [6.45, 7) is 4.16. The minimum absolute atomic E-state index is 0.478. The Hall–Kier alpha value is -3.44. The molecule has 2 nitrogen and oxygen atoms in total. The molecule has 0 saturated heterocycles. The van der Waals surface area contributed by atoms with E-state index in [4.69, 9.17) is 0 Å². The van der Waals surface area contributed by atoms with Crippen molar-refractivity contribution < 1.29 is 0 Å². The van der Waals surface area contributed by atoms with E-state index in [1.54, 1.807) is 0 Å². The molecule has 26 heavy (non-hydrogen) atoms. The summed E-state index contributed by atoms with van der Waals surface area (Å²) in [5.74, 6) is 0. The second-order valence-electron chi connectivity index (χ2n) is 6.57. The lowest BCUT2D eigenvalue weighted by atomic mass is 9.98. The van der Waals surface area contributed by atoms with Gasteiger partial charge < -0.3 is 0 Å². The minimum atomic E-state index is 0.478. The molecule has 1 heterocycles. The van der Waals surface area contributed by atoms with Crippen LogP contribution in [0.15, 0.2) is 72.8 Å². The molecule has 0 bridgehead atoms. The highest BCUT2D eigenvalue weighted by atomic mass is 14.7. The van der Waals surface area contributed by atoms with Gasteiger partial charge >= 0.3 is 0 Å². The van der Waals surface area contributed by atoms with E-state index >= 15 is 0 Å². The first kappa shape index (κ1) is 16.1. The van der Waals surface area contributed by atoms with Crippen LogP contribution in [0.5, 0.6) is 0 Å². The average Bonchev–Trinajstić information content (AvgIpc) is 2.69. The monoisotopic (exact) mass is 334 g/mol. The Kier molecular flexibility index (Phi) is 3.99. The van der Waals surface area contributed by atoms with Gasteiger partial charge in [-0.15, -0.1) is 0 Å². The molecule has 0 saturated carbocycles. The molecule has 0 spiro atoms. The van der Waals surface area contributed by atoms with Crippen LogP contribution in [0.2, 0.25) is 0 Å². The van der Waals surface area contributed by atoms with Crippen molar-refractivity contribution in [3.8, 4) is 28.5 Å². The molecule has 4 aromatic rings. The maximum Gasteiger partial charge on any atom is 0.149 e. The van der Waals surface area contributed by atoms with Gasteiger partial charge in [0.1, 0.15) is 11.8 Å². The zero-order valence-electron chi connectivity index (χ0n) is 14.8. The molecule has 0 aliphatic rings. The number of hydrogen-bond donors (Lipinski definition) is 0. The van der Waals surface area contributed by atoms with Gasteiger partial charge in [0.05, 0.1) is 5.69 Å². The van der Waals surface area contributed by atoms with Crippen LogP contribution < -0.4 is 0 Å². The number of fused-ring (bicyclic) bond motifs is 1. The van der Waals surface area contributed by atoms with Gasteiger partial charge in [-0.3, -0.25) is 0 Å². The standard InChI is InChI=1S/C24H18N2/c1-16-11-21-14-23(26-24(15-25)22(21)12-17(16)2)20-10-6-9-19(13-20)18-7-4-3-5-8-18/h3-14H,1-2H3. The fourth-order valence-corrected chi connectivity index (χ4v) is 3.25. The van der Waals surface area contributed by atoms with E-state index in [0.717, 1.165) is 27.6 Å². The molecule has 124 valence electrons. The molecular formula is C24H18N2. The Morgan fingerprint density at radius 3 is 2.19 bits per heavy atom. The van der Waals surface area contributed by atoms with Gasteiger partial charge in [0.25, 0.3) is 0 Å². The lowest BCUT2D eigenvalue weighted by Gasteiger charge is -2.10. The average molecular weight is 334 g/mol. The number of rotatable bonds is 2. The van der Waals surface area contributed by atoms with Crippen molar-refractivity contribution in [1.82, 2.24) is 4.98 Å². The predicted octanol–water partition coefficient (Wildman–Crippen LogP) is 6.06. The molecule has 0 aliphatic carbocycles. The Bertz CT molecular complexity index is 1150. The highest BCUT2D eigenvalue weighted by molar-refractivity contribution is 5.91.